The number of aryl methyl sites for hydroxylation is 2. The van der Waals surface area contributed by atoms with Crippen molar-refractivity contribution in [2.45, 2.75) is 32.9 Å². The van der Waals surface area contributed by atoms with Gasteiger partial charge in [0, 0.05) is 32.2 Å². The zero-order valence-electron chi connectivity index (χ0n) is 17.2. The number of hydrogen-bond donors (Lipinski definition) is 1. The van der Waals surface area contributed by atoms with E-state index >= 15 is 0 Å². The highest BCUT2D eigenvalue weighted by molar-refractivity contribution is 5.98. The van der Waals surface area contributed by atoms with Crippen LogP contribution < -0.4 is 5.32 Å². The van der Waals surface area contributed by atoms with Crippen molar-refractivity contribution in [2.75, 3.05) is 13.1 Å². The van der Waals surface area contributed by atoms with E-state index in [9.17, 15) is 9.59 Å². The number of carbonyl (C=O) groups excluding carboxylic acids is 2. The van der Waals surface area contributed by atoms with Crippen LogP contribution in [0.3, 0.4) is 0 Å². The van der Waals surface area contributed by atoms with Crippen molar-refractivity contribution in [1.82, 2.24) is 20.0 Å². The van der Waals surface area contributed by atoms with E-state index in [1.54, 1.807) is 10.7 Å². The molecule has 2 amide bonds. The summed E-state index contributed by atoms with van der Waals surface area (Å²) in [6.07, 6.45) is 1.56. The summed E-state index contributed by atoms with van der Waals surface area (Å²) in [7, 11) is 0. The predicted octanol–water partition coefficient (Wildman–Crippen LogP) is 3.21. The highest BCUT2D eigenvalue weighted by Gasteiger charge is 2.26. The fraction of sp³-hybridized carbons (Fsp3) is 0.292. The molecule has 1 N–H and O–H groups in total. The van der Waals surface area contributed by atoms with Gasteiger partial charge in [0.05, 0.1) is 0 Å². The fourth-order valence-electron chi connectivity index (χ4n) is 3.67. The van der Waals surface area contributed by atoms with Crippen LogP contribution in [0.2, 0.25) is 0 Å². The van der Waals surface area contributed by atoms with E-state index in [0.717, 1.165) is 18.4 Å². The first-order valence-electron chi connectivity index (χ1n) is 10.3. The molecule has 154 valence electrons. The van der Waals surface area contributed by atoms with Crippen molar-refractivity contribution in [3.8, 4) is 0 Å². The maximum Gasteiger partial charge on any atom is 0.272 e. The second-order valence-corrected chi connectivity index (χ2v) is 7.70. The number of aromatic nitrogens is 2. The summed E-state index contributed by atoms with van der Waals surface area (Å²) in [4.78, 5) is 27.4. The number of nitrogens with one attached hydrogen (secondary N) is 1. The van der Waals surface area contributed by atoms with E-state index in [1.807, 2.05) is 35.2 Å². The predicted molar refractivity (Wildman–Crippen MR) is 115 cm³/mol. The average Bonchev–Trinajstić information content (AvgIpc) is 3.13. The Balaban J connectivity index is 1.40. The molecular weight excluding hydrogens is 376 g/mol. The molecule has 2 aromatic carbocycles. The SMILES string of the molecule is Cc1ccc(CCNC(=O)c2cc3n(n2)CCCN(Cc2ccccc2)C3=O)cc1. The van der Waals surface area contributed by atoms with Crippen LogP contribution in [0.15, 0.2) is 60.7 Å². The normalized spacial score (nSPS) is 13.6. The molecule has 0 saturated carbocycles. The number of carbonyl (C=O) groups is 2. The molecule has 1 aliphatic heterocycles. The van der Waals surface area contributed by atoms with Crippen LogP contribution in [-0.4, -0.2) is 39.6 Å². The molecule has 1 aromatic heterocycles. The van der Waals surface area contributed by atoms with Gasteiger partial charge in [0.2, 0.25) is 0 Å². The lowest BCUT2D eigenvalue weighted by atomic mass is 10.1. The highest BCUT2D eigenvalue weighted by atomic mass is 16.2. The first kappa shape index (κ1) is 19.9. The van der Waals surface area contributed by atoms with Crippen molar-refractivity contribution < 1.29 is 9.59 Å². The first-order chi connectivity index (χ1) is 14.6. The summed E-state index contributed by atoms with van der Waals surface area (Å²) < 4.78 is 1.67. The van der Waals surface area contributed by atoms with Crippen molar-refractivity contribution in [2.24, 2.45) is 0 Å². The molecule has 0 aliphatic carbocycles. The summed E-state index contributed by atoms with van der Waals surface area (Å²) >= 11 is 0. The molecule has 6 nitrogen and oxygen atoms in total. The Hall–Kier alpha value is -3.41. The third-order valence-electron chi connectivity index (χ3n) is 5.35. The Morgan fingerprint density at radius 1 is 1.03 bits per heavy atom. The molecule has 6 heteroatoms. The largest absolute Gasteiger partial charge is 0.350 e. The third-order valence-corrected chi connectivity index (χ3v) is 5.35. The standard InChI is InChI=1S/C24H26N4O2/c1-18-8-10-19(11-9-18)12-13-25-23(29)21-16-22-24(30)27(14-5-15-28(22)26-21)17-20-6-3-2-4-7-20/h2-4,6-11,16H,5,12-15,17H2,1H3,(H,25,29). The van der Waals surface area contributed by atoms with Gasteiger partial charge < -0.3 is 10.2 Å². The number of hydrogen-bond acceptors (Lipinski definition) is 3. The average molecular weight is 402 g/mol. The first-order valence-corrected chi connectivity index (χ1v) is 10.3. The second kappa shape index (κ2) is 8.95. The van der Waals surface area contributed by atoms with Crippen molar-refractivity contribution in [3.05, 3.63) is 88.7 Å². The van der Waals surface area contributed by atoms with Gasteiger partial charge >= 0.3 is 0 Å². The van der Waals surface area contributed by atoms with Crippen LogP contribution in [0.5, 0.6) is 0 Å². The van der Waals surface area contributed by atoms with Gasteiger partial charge in [-0.1, -0.05) is 60.2 Å². The van der Waals surface area contributed by atoms with E-state index < -0.39 is 0 Å². The van der Waals surface area contributed by atoms with Crippen molar-refractivity contribution in [3.63, 3.8) is 0 Å². The molecular formula is C24H26N4O2. The topological polar surface area (TPSA) is 67.2 Å². The monoisotopic (exact) mass is 402 g/mol. The molecule has 30 heavy (non-hydrogen) atoms. The lowest BCUT2D eigenvalue weighted by Crippen LogP contribution is -2.30. The van der Waals surface area contributed by atoms with Gasteiger partial charge in [-0.3, -0.25) is 14.3 Å². The molecule has 3 aromatic rings. The maximum absolute atomic E-state index is 13.0. The number of rotatable bonds is 6. The van der Waals surface area contributed by atoms with Gasteiger partial charge in [-0.25, -0.2) is 0 Å². The Morgan fingerprint density at radius 3 is 2.57 bits per heavy atom. The number of nitrogens with zero attached hydrogens (tertiary/aromatic N) is 3. The lowest BCUT2D eigenvalue weighted by molar-refractivity contribution is 0.0745. The molecule has 0 bridgehead atoms. The minimum Gasteiger partial charge on any atom is -0.350 e. The van der Waals surface area contributed by atoms with Crippen LogP contribution in [0, 0.1) is 6.92 Å². The van der Waals surface area contributed by atoms with E-state index in [0.29, 0.717) is 37.6 Å². The van der Waals surface area contributed by atoms with Crippen LogP contribution in [0.4, 0.5) is 0 Å². The van der Waals surface area contributed by atoms with Gasteiger partial charge in [-0.2, -0.15) is 5.10 Å². The smallest absolute Gasteiger partial charge is 0.272 e. The molecule has 4 rings (SSSR count). The Labute approximate surface area is 176 Å². The molecule has 1 aliphatic rings. The number of amides is 2. The van der Waals surface area contributed by atoms with Crippen molar-refractivity contribution in [1.29, 1.82) is 0 Å². The Bertz CT molecular complexity index is 1030. The van der Waals surface area contributed by atoms with E-state index in [4.69, 9.17) is 0 Å². The number of benzene rings is 2. The molecule has 0 fully saturated rings. The zero-order valence-corrected chi connectivity index (χ0v) is 17.2. The van der Waals surface area contributed by atoms with Gasteiger partial charge in [-0.15, -0.1) is 0 Å². The summed E-state index contributed by atoms with van der Waals surface area (Å²) in [6, 6.07) is 19.8. The van der Waals surface area contributed by atoms with Gasteiger partial charge in [0.25, 0.3) is 11.8 Å². The van der Waals surface area contributed by atoms with Crippen LogP contribution in [0.25, 0.3) is 0 Å². The quantitative estimate of drug-likeness (QED) is 0.688. The highest BCUT2D eigenvalue weighted by Crippen LogP contribution is 2.16. The molecule has 0 spiro atoms. The summed E-state index contributed by atoms with van der Waals surface area (Å²) in [5, 5.41) is 7.31. The molecule has 2 heterocycles. The minimum atomic E-state index is -0.245. The molecule has 0 radical (unpaired) electrons. The minimum absolute atomic E-state index is 0.0810. The zero-order chi connectivity index (χ0) is 20.9. The molecule has 0 atom stereocenters. The van der Waals surface area contributed by atoms with Gasteiger partial charge in [0.1, 0.15) is 5.69 Å². The number of fused-ring (bicyclic) bond motifs is 1. The summed E-state index contributed by atoms with van der Waals surface area (Å²) in [5.74, 6) is -0.326. The van der Waals surface area contributed by atoms with Crippen LogP contribution in [-0.2, 0) is 19.5 Å². The molecule has 0 unspecified atom stereocenters. The van der Waals surface area contributed by atoms with Gasteiger partial charge in [0.15, 0.2) is 5.69 Å². The molecule has 0 saturated heterocycles. The Kier molecular flexibility index (Phi) is 5.93. The summed E-state index contributed by atoms with van der Waals surface area (Å²) in [5.41, 5.74) is 4.25. The Morgan fingerprint density at radius 2 is 1.80 bits per heavy atom. The van der Waals surface area contributed by atoms with E-state index in [2.05, 4.69) is 41.6 Å². The third kappa shape index (κ3) is 4.59. The van der Waals surface area contributed by atoms with Crippen LogP contribution >= 0.6 is 0 Å². The fourth-order valence-corrected chi connectivity index (χ4v) is 3.67. The summed E-state index contributed by atoms with van der Waals surface area (Å²) in [6.45, 7) is 4.44. The second-order valence-electron chi connectivity index (χ2n) is 7.70. The lowest BCUT2D eigenvalue weighted by Gasteiger charge is -2.20. The van der Waals surface area contributed by atoms with Crippen molar-refractivity contribution >= 4 is 11.8 Å². The van der Waals surface area contributed by atoms with E-state index in [-0.39, 0.29) is 11.8 Å². The van der Waals surface area contributed by atoms with E-state index in [1.165, 1.54) is 11.1 Å². The van der Waals surface area contributed by atoms with Gasteiger partial charge in [-0.05, 0) is 30.9 Å². The maximum atomic E-state index is 13.0. The van der Waals surface area contributed by atoms with Crippen LogP contribution in [0.1, 0.15) is 44.1 Å².